The fraction of sp³-hybridized carbons (Fsp3) is 0.467. The van der Waals surface area contributed by atoms with Crippen LogP contribution in [0.2, 0.25) is 0 Å². The van der Waals surface area contributed by atoms with Gasteiger partial charge in [0.1, 0.15) is 5.82 Å². The van der Waals surface area contributed by atoms with Crippen molar-refractivity contribution in [3.05, 3.63) is 29.6 Å². The Balaban J connectivity index is 1.82. The van der Waals surface area contributed by atoms with E-state index in [2.05, 4.69) is 9.97 Å². The van der Waals surface area contributed by atoms with Crippen LogP contribution in [0.5, 0.6) is 0 Å². The lowest BCUT2D eigenvalue weighted by Crippen LogP contribution is -2.10. The van der Waals surface area contributed by atoms with Gasteiger partial charge in [0.05, 0.1) is 16.6 Å². The molecule has 0 atom stereocenters. The number of aromatic carboxylic acids is 1. The van der Waals surface area contributed by atoms with Crippen molar-refractivity contribution in [1.29, 1.82) is 0 Å². The van der Waals surface area contributed by atoms with E-state index >= 15 is 0 Å². The molecule has 1 aliphatic carbocycles. The first-order valence-electron chi connectivity index (χ1n) is 6.94. The third-order valence-electron chi connectivity index (χ3n) is 3.98. The Morgan fingerprint density at radius 1 is 1.32 bits per heavy atom. The Labute approximate surface area is 111 Å². The summed E-state index contributed by atoms with van der Waals surface area (Å²) in [6.07, 6.45) is 7.58. The van der Waals surface area contributed by atoms with E-state index in [4.69, 9.17) is 5.11 Å². The topological polar surface area (TPSA) is 66.0 Å². The molecule has 0 saturated heterocycles. The molecular weight excluding hydrogens is 240 g/mol. The minimum atomic E-state index is -0.898. The number of H-pyrrole nitrogens is 1. The second kappa shape index (κ2) is 5.03. The van der Waals surface area contributed by atoms with Gasteiger partial charge in [0.15, 0.2) is 0 Å². The van der Waals surface area contributed by atoms with Crippen molar-refractivity contribution in [2.75, 3.05) is 0 Å². The minimum absolute atomic E-state index is 0.306. The molecule has 0 radical (unpaired) electrons. The summed E-state index contributed by atoms with van der Waals surface area (Å²) in [7, 11) is 0. The first-order valence-corrected chi connectivity index (χ1v) is 6.94. The van der Waals surface area contributed by atoms with E-state index in [0.717, 1.165) is 29.2 Å². The summed E-state index contributed by atoms with van der Waals surface area (Å²) >= 11 is 0. The second-order valence-corrected chi connectivity index (χ2v) is 5.43. The molecule has 1 aromatic carbocycles. The lowest BCUT2D eigenvalue weighted by molar-refractivity contribution is 0.0697. The van der Waals surface area contributed by atoms with Gasteiger partial charge < -0.3 is 10.1 Å². The average molecular weight is 258 g/mol. The summed E-state index contributed by atoms with van der Waals surface area (Å²) < 4.78 is 0. The van der Waals surface area contributed by atoms with Crippen LogP contribution in [0.25, 0.3) is 11.0 Å². The van der Waals surface area contributed by atoms with Crippen molar-refractivity contribution in [3.63, 3.8) is 0 Å². The number of rotatable bonds is 3. The van der Waals surface area contributed by atoms with Gasteiger partial charge in [-0.25, -0.2) is 9.78 Å². The van der Waals surface area contributed by atoms with Gasteiger partial charge in [-0.05, 0) is 24.1 Å². The summed E-state index contributed by atoms with van der Waals surface area (Å²) in [6, 6.07) is 5.05. The molecular formula is C15H18N2O2. The second-order valence-electron chi connectivity index (χ2n) is 5.43. The molecule has 0 aliphatic heterocycles. The predicted molar refractivity (Wildman–Crippen MR) is 73.3 cm³/mol. The van der Waals surface area contributed by atoms with Gasteiger partial charge in [-0.1, -0.05) is 32.1 Å². The van der Waals surface area contributed by atoms with Crippen LogP contribution in [0.1, 0.15) is 48.3 Å². The zero-order chi connectivity index (χ0) is 13.2. The van der Waals surface area contributed by atoms with E-state index in [9.17, 15) is 4.79 Å². The van der Waals surface area contributed by atoms with E-state index < -0.39 is 5.97 Å². The van der Waals surface area contributed by atoms with Gasteiger partial charge in [-0.15, -0.1) is 0 Å². The number of hydrogen-bond acceptors (Lipinski definition) is 2. The number of carbonyl (C=O) groups is 1. The molecule has 1 fully saturated rings. The molecule has 1 heterocycles. The predicted octanol–water partition coefficient (Wildman–Crippen LogP) is 3.38. The summed E-state index contributed by atoms with van der Waals surface area (Å²) in [6.45, 7) is 0. The van der Waals surface area contributed by atoms with Crippen LogP contribution in [0, 0.1) is 5.92 Å². The number of nitrogens with zero attached hydrogens (tertiary/aromatic N) is 1. The fourth-order valence-corrected chi connectivity index (χ4v) is 2.96. The summed E-state index contributed by atoms with van der Waals surface area (Å²) in [4.78, 5) is 18.8. The maximum atomic E-state index is 10.9. The first kappa shape index (κ1) is 12.2. The molecule has 2 aromatic rings. The number of hydrogen-bond donors (Lipinski definition) is 2. The highest BCUT2D eigenvalue weighted by atomic mass is 16.4. The van der Waals surface area contributed by atoms with Crippen molar-refractivity contribution in [2.45, 2.75) is 38.5 Å². The number of carboxylic acid groups (broad SMARTS) is 1. The molecule has 0 amide bonds. The van der Waals surface area contributed by atoms with Gasteiger partial charge >= 0.3 is 5.97 Å². The van der Waals surface area contributed by atoms with Crippen LogP contribution < -0.4 is 0 Å². The summed E-state index contributed by atoms with van der Waals surface area (Å²) in [5.74, 6) is 0.822. The Morgan fingerprint density at radius 2 is 2.11 bits per heavy atom. The van der Waals surface area contributed by atoms with Gasteiger partial charge in [-0.2, -0.15) is 0 Å². The molecule has 100 valence electrons. The molecule has 1 aliphatic rings. The van der Waals surface area contributed by atoms with Crippen molar-refractivity contribution in [2.24, 2.45) is 5.92 Å². The number of nitrogens with one attached hydrogen (secondary N) is 1. The van der Waals surface area contributed by atoms with Crippen molar-refractivity contribution in [1.82, 2.24) is 9.97 Å². The molecule has 19 heavy (non-hydrogen) atoms. The number of imidazole rings is 1. The number of carboxylic acids is 1. The highest BCUT2D eigenvalue weighted by Crippen LogP contribution is 2.26. The van der Waals surface area contributed by atoms with Crippen molar-refractivity contribution >= 4 is 17.0 Å². The Hall–Kier alpha value is -1.84. The highest BCUT2D eigenvalue weighted by Gasteiger charge is 2.16. The zero-order valence-electron chi connectivity index (χ0n) is 10.9. The smallest absolute Gasteiger partial charge is 0.335 e. The Kier molecular flexibility index (Phi) is 3.23. The first-order chi connectivity index (χ1) is 9.22. The van der Waals surface area contributed by atoms with Crippen LogP contribution in [-0.4, -0.2) is 21.0 Å². The third-order valence-corrected chi connectivity index (χ3v) is 3.98. The monoisotopic (exact) mass is 258 g/mol. The zero-order valence-corrected chi connectivity index (χ0v) is 10.9. The van der Waals surface area contributed by atoms with E-state index in [1.807, 2.05) is 0 Å². The van der Waals surface area contributed by atoms with Crippen molar-refractivity contribution < 1.29 is 9.90 Å². The van der Waals surface area contributed by atoms with Gasteiger partial charge in [-0.3, -0.25) is 0 Å². The number of benzene rings is 1. The van der Waals surface area contributed by atoms with Crippen molar-refractivity contribution in [3.8, 4) is 0 Å². The molecule has 2 N–H and O–H groups in total. The molecule has 0 bridgehead atoms. The normalized spacial score (nSPS) is 16.8. The lowest BCUT2D eigenvalue weighted by Gasteiger charge is -2.20. The molecule has 3 rings (SSSR count). The average Bonchev–Trinajstić information content (AvgIpc) is 2.80. The van der Waals surface area contributed by atoms with E-state index in [-0.39, 0.29) is 0 Å². The molecule has 4 nitrogen and oxygen atoms in total. The Morgan fingerprint density at radius 3 is 2.84 bits per heavy atom. The standard InChI is InChI=1S/C15H18N2O2/c18-15(19)11-6-7-12-13(9-11)17-14(16-12)8-10-4-2-1-3-5-10/h6-7,9-10H,1-5,8H2,(H,16,17)(H,18,19). The lowest BCUT2D eigenvalue weighted by atomic mass is 9.87. The molecule has 1 saturated carbocycles. The van der Waals surface area contributed by atoms with Crippen LogP contribution >= 0.6 is 0 Å². The molecule has 1 aromatic heterocycles. The fourth-order valence-electron chi connectivity index (χ4n) is 2.96. The van der Waals surface area contributed by atoms with Gasteiger partial charge in [0.25, 0.3) is 0 Å². The van der Waals surface area contributed by atoms with E-state index in [1.54, 1.807) is 18.2 Å². The van der Waals surface area contributed by atoms with E-state index in [0.29, 0.717) is 5.56 Å². The third kappa shape index (κ3) is 2.62. The molecule has 0 spiro atoms. The number of fused-ring (bicyclic) bond motifs is 1. The number of aromatic amines is 1. The summed E-state index contributed by atoms with van der Waals surface area (Å²) in [5.41, 5.74) is 1.99. The van der Waals surface area contributed by atoms with Crippen LogP contribution in [0.15, 0.2) is 18.2 Å². The van der Waals surface area contributed by atoms with Crippen LogP contribution in [0.4, 0.5) is 0 Å². The maximum absolute atomic E-state index is 10.9. The van der Waals surface area contributed by atoms with Crippen LogP contribution in [0.3, 0.4) is 0 Å². The summed E-state index contributed by atoms with van der Waals surface area (Å²) in [5, 5.41) is 8.98. The van der Waals surface area contributed by atoms with E-state index in [1.165, 1.54) is 32.1 Å². The minimum Gasteiger partial charge on any atom is -0.478 e. The molecule has 4 heteroatoms. The SMILES string of the molecule is O=C(O)c1ccc2nc(CC3CCCCC3)[nH]c2c1. The Bertz CT molecular complexity index is 597. The largest absolute Gasteiger partial charge is 0.478 e. The maximum Gasteiger partial charge on any atom is 0.335 e. The number of aromatic nitrogens is 2. The van der Waals surface area contributed by atoms with Gasteiger partial charge in [0.2, 0.25) is 0 Å². The highest BCUT2D eigenvalue weighted by molar-refractivity contribution is 5.92. The van der Waals surface area contributed by atoms with Gasteiger partial charge in [0, 0.05) is 6.42 Å². The molecule has 0 unspecified atom stereocenters. The quantitative estimate of drug-likeness (QED) is 0.886. The van der Waals surface area contributed by atoms with Crippen LogP contribution in [-0.2, 0) is 6.42 Å².